The van der Waals surface area contributed by atoms with Crippen molar-refractivity contribution in [2.24, 2.45) is 0 Å². The molecule has 2 N–H and O–H groups in total. The van der Waals surface area contributed by atoms with E-state index in [-0.39, 0.29) is 5.91 Å². The van der Waals surface area contributed by atoms with Gasteiger partial charge in [0.2, 0.25) is 0 Å². The number of amides is 1. The molecule has 1 aromatic heterocycles. The van der Waals surface area contributed by atoms with Crippen molar-refractivity contribution in [2.45, 2.75) is 39.0 Å². The first-order valence-corrected chi connectivity index (χ1v) is 9.48. The monoisotopic (exact) mass is 353 g/mol. The van der Waals surface area contributed by atoms with Gasteiger partial charge in [-0.2, -0.15) is 0 Å². The first-order valence-electron chi connectivity index (χ1n) is 9.48. The summed E-state index contributed by atoms with van der Waals surface area (Å²) in [7, 11) is 0. The summed E-state index contributed by atoms with van der Waals surface area (Å²) < 4.78 is 0. The largest absolute Gasteiger partial charge is 0.372 e. The summed E-state index contributed by atoms with van der Waals surface area (Å²) >= 11 is 0. The normalized spacial score (nSPS) is 13.7. The van der Waals surface area contributed by atoms with Crippen LogP contribution in [0.25, 0.3) is 0 Å². The molecule has 2 heterocycles. The van der Waals surface area contributed by atoms with Gasteiger partial charge in [-0.15, -0.1) is 0 Å². The second kappa shape index (κ2) is 9.17. The second-order valence-corrected chi connectivity index (χ2v) is 6.62. The number of nitrogens with zero attached hydrogens (tertiary/aromatic N) is 3. The van der Waals surface area contributed by atoms with Crippen molar-refractivity contribution in [3.63, 3.8) is 0 Å². The summed E-state index contributed by atoms with van der Waals surface area (Å²) in [5.41, 5.74) is 2.56. The van der Waals surface area contributed by atoms with Gasteiger partial charge in [0.05, 0.1) is 12.4 Å². The van der Waals surface area contributed by atoms with Crippen molar-refractivity contribution in [3.8, 4) is 0 Å². The molecule has 0 bridgehead atoms. The fourth-order valence-corrected chi connectivity index (χ4v) is 3.06. The number of carbonyl (C=O) groups excluding carboxylic acids is 1. The van der Waals surface area contributed by atoms with Gasteiger partial charge in [0.1, 0.15) is 11.5 Å². The lowest BCUT2D eigenvalue weighted by Crippen LogP contribution is -2.25. The maximum Gasteiger partial charge on any atom is 0.271 e. The lowest BCUT2D eigenvalue weighted by Gasteiger charge is -2.17. The fraction of sp³-hybridized carbons (Fsp3) is 0.450. The zero-order valence-electron chi connectivity index (χ0n) is 15.4. The second-order valence-electron chi connectivity index (χ2n) is 6.62. The number of carbonyl (C=O) groups is 1. The molecule has 138 valence electrons. The highest BCUT2D eigenvalue weighted by atomic mass is 16.1. The molecular formula is C20H27N5O. The van der Waals surface area contributed by atoms with E-state index in [4.69, 9.17) is 0 Å². The highest BCUT2D eigenvalue weighted by Gasteiger charge is 2.12. The molecule has 0 radical (unpaired) electrons. The third-order valence-corrected chi connectivity index (χ3v) is 4.56. The SMILES string of the molecule is CCCCCNC(=O)c1cnc(Nc2ccc(N3CCCC3)cc2)cn1. The van der Waals surface area contributed by atoms with Gasteiger partial charge >= 0.3 is 0 Å². The summed E-state index contributed by atoms with van der Waals surface area (Å²) in [4.78, 5) is 22.9. The molecule has 0 saturated carbocycles. The summed E-state index contributed by atoms with van der Waals surface area (Å²) in [6, 6.07) is 8.34. The number of aromatic nitrogens is 2. The Balaban J connectivity index is 1.52. The van der Waals surface area contributed by atoms with Crippen LogP contribution >= 0.6 is 0 Å². The molecule has 0 atom stereocenters. The van der Waals surface area contributed by atoms with E-state index in [2.05, 4.69) is 44.6 Å². The zero-order chi connectivity index (χ0) is 18.2. The molecule has 0 spiro atoms. The molecule has 1 aliphatic heterocycles. The number of unbranched alkanes of at least 4 members (excludes halogenated alkanes) is 2. The van der Waals surface area contributed by atoms with Crippen LogP contribution in [-0.2, 0) is 0 Å². The van der Waals surface area contributed by atoms with E-state index in [1.807, 2.05) is 12.1 Å². The molecule has 6 nitrogen and oxygen atoms in total. The standard InChI is InChI=1S/C20H27N5O/c1-2-3-4-11-21-20(26)18-14-23-19(15-22-18)24-16-7-9-17(10-8-16)25-12-5-6-13-25/h7-10,14-15H,2-6,11-13H2,1H3,(H,21,26)(H,23,24). The smallest absolute Gasteiger partial charge is 0.271 e. The topological polar surface area (TPSA) is 70.2 Å². The van der Waals surface area contributed by atoms with Crippen molar-refractivity contribution in [1.82, 2.24) is 15.3 Å². The lowest BCUT2D eigenvalue weighted by atomic mass is 10.2. The lowest BCUT2D eigenvalue weighted by molar-refractivity contribution is 0.0947. The Kier molecular flexibility index (Phi) is 6.41. The molecule has 1 fully saturated rings. The van der Waals surface area contributed by atoms with E-state index < -0.39 is 0 Å². The number of nitrogens with one attached hydrogen (secondary N) is 2. The van der Waals surface area contributed by atoms with Crippen LogP contribution < -0.4 is 15.5 Å². The van der Waals surface area contributed by atoms with Crippen LogP contribution in [0, 0.1) is 0 Å². The van der Waals surface area contributed by atoms with Gasteiger partial charge in [0.15, 0.2) is 0 Å². The summed E-state index contributed by atoms with van der Waals surface area (Å²) in [5.74, 6) is 0.455. The average molecular weight is 353 g/mol. The van der Waals surface area contributed by atoms with E-state index in [0.29, 0.717) is 18.1 Å². The minimum Gasteiger partial charge on any atom is -0.372 e. The number of anilines is 3. The Hall–Kier alpha value is -2.63. The minimum absolute atomic E-state index is 0.171. The number of hydrogen-bond donors (Lipinski definition) is 2. The quantitative estimate of drug-likeness (QED) is 0.708. The molecule has 1 aromatic carbocycles. The Morgan fingerprint density at radius 3 is 2.50 bits per heavy atom. The maximum absolute atomic E-state index is 12.0. The van der Waals surface area contributed by atoms with E-state index in [1.54, 1.807) is 6.20 Å². The first-order chi connectivity index (χ1) is 12.8. The van der Waals surface area contributed by atoms with E-state index in [0.717, 1.165) is 38.0 Å². The first kappa shape index (κ1) is 18.2. The van der Waals surface area contributed by atoms with Gasteiger partial charge in [0, 0.05) is 31.0 Å². The molecule has 1 aliphatic rings. The predicted molar refractivity (Wildman–Crippen MR) is 105 cm³/mol. The van der Waals surface area contributed by atoms with Crippen LogP contribution in [0.3, 0.4) is 0 Å². The van der Waals surface area contributed by atoms with Crippen molar-refractivity contribution in [2.75, 3.05) is 29.9 Å². The minimum atomic E-state index is -0.171. The van der Waals surface area contributed by atoms with Crippen LogP contribution in [0.4, 0.5) is 17.2 Å². The van der Waals surface area contributed by atoms with Crippen LogP contribution in [0.2, 0.25) is 0 Å². The van der Waals surface area contributed by atoms with Crippen LogP contribution in [-0.4, -0.2) is 35.5 Å². The third kappa shape index (κ3) is 4.94. The van der Waals surface area contributed by atoms with Gasteiger partial charge in [-0.1, -0.05) is 19.8 Å². The summed E-state index contributed by atoms with van der Waals surface area (Å²) in [5, 5.41) is 6.09. The van der Waals surface area contributed by atoms with E-state index in [9.17, 15) is 4.79 Å². The van der Waals surface area contributed by atoms with Gasteiger partial charge in [-0.3, -0.25) is 4.79 Å². The number of hydrogen-bond acceptors (Lipinski definition) is 5. The number of benzene rings is 1. The Morgan fingerprint density at radius 1 is 1.08 bits per heavy atom. The Bertz CT molecular complexity index is 693. The van der Waals surface area contributed by atoms with E-state index in [1.165, 1.54) is 24.7 Å². The van der Waals surface area contributed by atoms with Crippen molar-refractivity contribution in [3.05, 3.63) is 42.4 Å². The molecule has 26 heavy (non-hydrogen) atoms. The van der Waals surface area contributed by atoms with Crippen LogP contribution in [0.1, 0.15) is 49.5 Å². The van der Waals surface area contributed by atoms with Gasteiger partial charge in [-0.25, -0.2) is 9.97 Å². The predicted octanol–water partition coefficient (Wildman–Crippen LogP) is 3.74. The van der Waals surface area contributed by atoms with E-state index >= 15 is 0 Å². The third-order valence-electron chi connectivity index (χ3n) is 4.56. The molecule has 6 heteroatoms. The average Bonchev–Trinajstić information content (AvgIpc) is 3.21. The highest BCUT2D eigenvalue weighted by molar-refractivity contribution is 5.92. The molecule has 0 unspecified atom stereocenters. The fourth-order valence-electron chi connectivity index (χ4n) is 3.06. The van der Waals surface area contributed by atoms with Crippen molar-refractivity contribution < 1.29 is 4.79 Å². The summed E-state index contributed by atoms with van der Waals surface area (Å²) in [6.07, 6.45) is 8.89. The van der Waals surface area contributed by atoms with Gasteiger partial charge < -0.3 is 15.5 Å². The Morgan fingerprint density at radius 2 is 1.85 bits per heavy atom. The van der Waals surface area contributed by atoms with Gasteiger partial charge in [0.25, 0.3) is 5.91 Å². The molecular weight excluding hydrogens is 326 g/mol. The Labute approximate surface area is 155 Å². The summed E-state index contributed by atoms with van der Waals surface area (Å²) in [6.45, 7) is 5.09. The molecule has 2 aromatic rings. The highest BCUT2D eigenvalue weighted by Crippen LogP contribution is 2.23. The van der Waals surface area contributed by atoms with Crippen molar-refractivity contribution in [1.29, 1.82) is 0 Å². The molecule has 1 amide bonds. The zero-order valence-corrected chi connectivity index (χ0v) is 15.4. The number of rotatable bonds is 8. The maximum atomic E-state index is 12.0. The van der Waals surface area contributed by atoms with Crippen LogP contribution in [0.15, 0.2) is 36.7 Å². The molecule has 0 aliphatic carbocycles. The molecule has 1 saturated heterocycles. The van der Waals surface area contributed by atoms with Gasteiger partial charge in [-0.05, 0) is 43.5 Å². The van der Waals surface area contributed by atoms with Crippen LogP contribution in [0.5, 0.6) is 0 Å². The molecule has 3 rings (SSSR count). The van der Waals surface area contributed by atoms with Crippen molar-refractivity contribution >= 4 is 23.1 Å².